The minimum atomic E-state index is -0.572. The van der Waals surface area contributed by atoms with Crippen LogP contribution in [0.15, 0.2) is 18.2 Å². The third-order valence-electron chi connectivity index (χ3n) is 2.98. The van der Waals surface area contributed by atoms with Gasteiger partial charge in [0.25, 0.3) is 11.6 Å². The van der Waals surface area contributed by atoms with Crippen molar-refractivity contribution < 1.29 is 9.72 Å². The molecule has 0 saturated carbocycles. The molecule has 22 heavy (non-hydrogen) atoms. The fourth-order valence-corrected chi connectivity index (χ4v) is 2.37. The zero-order valence-electron chi connectivity index (χ0n) is 11.5. The summed E-state index contributed by atoms with van der Waals surface area (Å²) in [6.45, 7) is 2.57. The normalized spacial score (nSPS) is 10.5. The van der Waals surface area contributed by atoms with E-state index in [1.165, 1.54) is 12.1 Å². The van der Waals surface area contributed by atoms with Gasteiger partial charge < -0.3 is 9.88 Å². The Labute approximate surface area is 135 Å². The third kappa shape index (κ3) is 3.49. The van der Waals surface area contributed by atoms with Gasteiger partial charge >= 0.3 is 0 Å². The molecule has 0 aliphatic rings. The van der Waals surface area contributed by atoms with E-state index in [-0.39, 0.29) is 16.3 Å². The van der Waals surface area contributed by atoms with E-state index in [2.05, 4.69) is 15.5 Å². The summed E-state index contributed by atoms with van der Waals surface area (Å²) in [6, 6.07) is 3.70. The van der Waals surface area contributed by atoms with Crippen molar-refractivity contribution in [1.29, 1.82) is 0 Å². The highest BCUT2D eigenvalue weighted by Gasteiger charge is 2.14. The van der Waals surface area contributed by atoms with E-state index in [4.69, 9.17) is 23.8 Å². The summed E-state index contributed by atoms with van der Waals surface area (Å²) in [5.41, 5.74) is 0.0154. The number of hydrogen-bond acceptors (Lipinski definition) is 5. The summed E-state index contributed by atoms with van der Waals surface area (Å²) in [5.74, 6) is 0.306. The summed E-state index contributed by atoms with van der Waals surface area (Å²) in [5, 5.41) is 19.9. The number of hydrogen-bond donors (Lipinski definition) is 2. The Morgan fingerprint density at radius 2 is 2.32 bits per heavy atom. The average Bonchev–Trinajstić information content (AvgIpc) is 2.78. The number of aromatic amines is 1. The average molecular weight is 342 g/mol. The molecular weight excluding hydrogens is 330 g/mol. The Morgan fingerprint density at radius 1 is 1.59 bits per heavy atom. The lowest BCUT2D eigenvalue weighted by Crippen LogP contribution is -2.27. The minimum Gasteiger partial charge on any atom is -0.350 e. The van der Waals surface area contributed by atoms with Crippen molar-refractivity contribution in [2.24, 2.45) is 0 Å². The van der Waals surface area contributed by atoms with Crippen molar-refractivity contribution in [3.8, 4) is 0 Å². The Hall–Kier alpha value is -2.26. The summed E-state index contributed by atoms with van der Waals surface area (Å²) in [4.78, 5) is 22.1. The first-order valence-electron chi connectivity index (χ1n) is 6.24. The lowest BCUT2D eigenvalue weighted by atomic mass is 10.2. The molecule has 2 aromatic rings. The molecule has 1 aromatic heterocycles. The maximum Gasteiger partial charge on any atom is 0.270 e. The molecule has 1 heterocycles. The number of nitrogens with one attached hydrogen (secondary N) is 2. The Bertz CT molecular complexity index is 785. The number of nitro groups is 1. The minimum absolute atomic E-state index is 0.0304. The fraction of sp³-hybridized carbons (Fsp3) is 0.250. The molecule has 0 fully saturated rings. The number of nitro benzene ring substituents is 1. The van der Waals surface area contributed by atoms with Crippen LogP contribution in [0.1, 0.15) is 16.2 Å². The predicted molar refractivity (Wildman–Crippen MR) is 82.6 cm³/mol. The predicted octanol–water partition coefficient (Wildman–Crippen LogP) is 2.24. The molecule has 10 heteroatoms. The number of rotatable bonds is 5. The van der Waals surface area contributed by atoms with E-state index in [1.807, 2.05) is 0 Å². The van der Waals surface area contributed by atoms with Gasteiger partial charge in [-0.05, 0) is 25.2 Å². The van der Waals surface area contributed by atoms with Crippen LogP contribution in [0.5, 0.6) is 0 Å². The first-order chi connectivity index (χ1) is 10.4. The molecule has 116 valence electrons. The topological polar surface area (TPSA) is 106 Å². The number of halogens is 1. The lowest BCUT2D eigenvalue weighted by Gasteiger charge is -2.08. The molecule has 0 saturated heterocycles. The highest BCUT2D eigenvalue weighted by molar-refractivity contribution is 7.71. The van der Waals surface area contributed by atoms with Gasteiger partial charge in [-0.25, -0.2) is 0 Å². The standard InChI is InChI=1S/C12H12ClN5O3S/c1-7-15-16-12(22)17(7)5-4-14-11(19)9-3-2-8(18(20)21)6-10(9)13/h2-3,6H,4-5H2,1H3,(H,14,19)(H,16,22). The van der Waals surface area contributed by atoms with Crippen LogP contribution < -0.4 is 5.32 Å². The van der Waals surface area contributed by atoms with E-state index < -0.39 is 10.8 Å². The van der Waals surface area contributed by atoms with Crippen molar-refractivity contribution in [3.05, 3.63) is 49.5 Å². The Morgan fingerprint density at radius 3 is 2.86 bits per heavy atom. The monoisotopic (exact) mass is 341 g/mol. The third-order valence-corrected chi connectivity index (χ3v) is 3.60. The summed E-state index contributed by atoms with van der Waals surface area (Å²) >= 11 is 10.9. The number of benzene rings is 1. The van der Waals surface area contributed by atoms with Crippen molar-refractivity contribution >= 4 is 35.4 Å². The number of carbonyl (C=O) groups excluding carboxylic acids is 1. The second kappa shape index (κ2) is 6.67. The van der Waals surface area contributed by atoms with Gasteiger partial charge in [0, 0.05) is 25.2 Å². The number of H-pyrrole nitrogens is 1. The van der Waals surface area contributed by atoms with Crippen LogP contribution in [0.4, 0.5) is 5.69 Å². The van der Waals surface area contributed by atoms with E-state index in [0.717, 1.165) is 6.07 Å². The molecule has 0 spiro atoms. The van der Waals surface area contributed by atoms with Crippen molar-refractivity contribution in [1.82, 2.24) is 20.1 Å². The SMILES string of the molecule is Cc1n[nH]c(=S)n1CCNC(=O)c1ccc([N+](=O)[O-])cc1Cl. The second-order valence-electron chi connectivity index (χ2n) is 4.40. The van der Waals surface area contributed by atoms with Crippen LogP contribution in [0.3, 0.4) is 0 Å². The van der Waals surface area contributed by atoms with Gasteiger partial charge in [0.1, 0.15) is 5.82 Å². The van der Waals surface area contributed by atoms with Gasteiger partial charge in [-0.3, -0.25) is 20.0 Å². The zero-order valence-corrected chi connectivity index (χ0v) is 13.1. The van der Waals surface area contributed by atoms with E-state index in [1.54, 1.807) is 11.5 Å². The van der Waals surface area contributed by atoms with Gasteiger partial charge in [-0.2, -0.15) is 5.10 Å². The van der Waals surface area contributed by atoms with E-state index in [0.29, 0.717) is 23.7 Å². The molecule has 0 bridgehead atoms. The van der Waals surface area contributed by atoms with Gasteiger partial charge in [-0.1, -0.05) is 11.6 Å². The first-order valence-corrected chi connectivity index (χ1v) is 7.02. The smallest absolute Gasteiger partial charge is 0.270 e. The van der Waals surface area contributed by atoms with E-state index in [9.17, 15) is 14.9 Å². The number of carbonyl (C=O) groups is 1. The molecule has 0 aliphatic heterocycles. The first kappa shape index (κ1) is 16.1. The molecule has 1 aromatic carbocycles. The van der Waals surface area contributed by atoms with Crippen LogP contribution in [-0.4, -0.2) is 32.1 Å². The van der Waals surface area contributed by atoms with E-state index >= 15 is 0 Å². The number of aromatic nitrogens is 3. The number of amides is 1. The summed E-state index contributed by atoms with van der Waals surface area (Å²) in [7, 11) is 0. The summed E-state index contributed by atoms with van der Waals surface area (Å²) < 4.78 is 2.22. The van der Waals surface area contributed by atoms with Crippen molar-refractivity contribution in [2.45, 2.75) is 13.5 Å². The lowest BCUT2D eigenvalue weighted by molar-refractivity contribution is -0.384. The molecule has 0 aliphatic carbocycles. The molecule has 0 unspecified atom stereocenters. The Balaban J connectivity index is 2.01. The van der Waals surface area contributed by atoms with Crippen LogP contribution in [0, 0.1) is 21.8 Å². The number of non-ortho nitro benzene ring substituents is 1. The quantitative estimate of drug-likeness (QED) is 0.493. The van der Waals surface area contributed by atoms with Crippen LogP contribution in [-0.2, 0) is 6.54 Å². The van der Waals surface area contributed by atoms with Gasteiger partial charge in [-0.15, -0.1) is 0 Å². The number of nitrogens with zero attached hydrogens (tertiary/aromatic N) is 3. The molecule has 0 atom stereocenters. The van der Waals surface area contributed by atoms with Gasteiger partial charge in [0.15, 0.2) is 4.77 Å². The highest BCUT2D eigenvalue weighted by Crippen LogP contribution is 2.22. The van der Waals surface area contributed by atoms with Gasteiger partial charge in [0.05, 0.1) is 15.5 Å². The van der Waals surface area contributed by atoms with Gasteiger partial charge in [0.2, 0.25) is 0 Å². The molecular formula is C12H12ClN5O3S. The highest BCUT2D eigenvalue weighted by atomic mass is 35.5. The van der Waals surface area contributed by atoms with Crippen LogP contribution in [0.25, 0.3) is 0 Å². The maximum absolute atomic E-state index is 12.0. The molecule has 2 N–H and O–H groups in total. The van der Waals surface area contributed by atoms with Crippen molar-refractivity contribution in [2.75, 3.05) is 6.54 Å². The second-order valence-corrected chi connectivity index (χ2v) is 5.20. The van der Waals surface area contributed by atoms with Crippen LogP contribution in [0.2, 0.25) is 5.02 Å². The number of aryl methyl sites for hydroxylation is 1. The maximum atomic E-state index is 12.0. The Kier molecular flexibility index (Phi) is 4.88. The molecule has 8 nitrogen and oxygen atoms in total. The molecule has 1 amide bonds. The van der Waals surface area contributed by atoms with Crippen LogP contribution >= 0.6 is 23.8 Å². The molecule has 2 rings (SSSR count). The van der Waals surface area contributed by atoms with Crippen molar-refractivity contribution in [3.63, 3.8) is 0 Å². The summed E-state index contributed by atoms with van der Waals surface area (Å²) in [6.07, 6.45) is 0. The molecule has 0 radical (unpaired) electrons. The fourth-order valence-electron chi connectivity index (χ4n) is 1.84. The largest absolute Gasteiger partial charge is 0.350 e. The zero-order chi connectivity index (χ0) is 16.3.